The molecular weight excluding hydrogens is 384 g/mol. The molecule has 0 fully saturated rings. The Hall–Kier alpha value is -2.85. The summed E-state index contributed by atoms with van der Waals surface area (Å²) >= 11 is 5.92. The summed E-state index contributed by atoms with van der Waals surface area (Å²) in [6.07, 6.45) is 4.56. The summed E-state index contributed by atoms with van der Waals surface area (Å²) in [6, 6.07) is 12.9. The fraction of sp³-hybridized carbons (Fsp3) is 0.250. The number of nitrogens with one attached hydrogen (secondary N) is 2. The number of hydrogen-bond donors (Lipinski definition) is 2. The van der Waals surface area contributed by atoms with Crippen molar-refractivity contribution in [2.24, 2.45) is 0 Å². The second-order valence-corrected chi connectivity index (χ2v) is 7.38. The lowest BCUT2D eigenvalue weighted by molar-refractivity contribution is -0.112. The van der Waals surface area contributed by atoms with Gasteiger partial charge < -0.3 is 10.6 Å². The first kappa shape index (κ1) is 22.4. The van der Waals surface area contributed by atoms with Crippen LogP contribution < -0.4 is 10.6 Å². The van der Waals surface area contributed by atoms with Gasteiger partial charge in [-0.2, -0.15) is 0 Å². The highest BCUT2D eigenvalue weighted by atomic mass is 35.5. The number of rotatable bonds is 7. The third-order valence-electron chi connectivity index (χ3n) is 4.52. The molecule has 0 heterocycles. The van der Waals surface area contributed by atoms with Crippen molar-refractivity contribution in [3.63, 3.8) is 0 Å². The monoisotopic (exact) mass is 410 g/mol. The van der Waals surface area contributed by atoms with Gasteiger partial charge in [0.25, 0.3) is 11.8 Å². The number of halogens is 1. The highest BCUT2D eigenvalue weighted by Crippen LogP contribution is 2.19. The Morgan fingerprint density at radius 1 is 1.00 bits per heavy atom. The van der Waals surface area contributed by atoms with Gasteiger partial charge >= 0.3 is 0 Å². The molecule has 2 N–H and O–H groups in total. The minimum atomic E-state index is -0.209. The van der Waals surface area contributed by atoms with E-state index in [1.807, 2.05) is 57.2 Å². The van der Waals surface area contributed by atoms with Gasteiger partial charge in [0.15, 0.2) is 0 Å². The second kappa shape index (κ2) is 10.6. The number of allylic oxidation sites excluding steroid dienone is 3. The molecule has 2 amide bonds. The Labute approximate surface area is 177 Å². The lowest BCUT2D eigenvalue weighted by atomic mass is 10.1. The van der Waals surface area contributed by atoms with Crippen LogP contribution in [-0.4, -0.2) is 18.4 Å². The van der Waals surface area contributed by atoms with Gasteiger partial charge in [-0.25, -0.2) is 0 Å². The van der Waals surface area contributed by atoms with Crippen LogP contribution in [0.15, 0.2) is 60.2 Å². The Morgan fingerprint density at radius 2 is 1.66 bits per heavy atom. The molecule has 0 saturated heterocycles. The van der Waals surface area contributed by atoms with E-state index in [9.17, 15) is 9.59 Å². The Morgan fingerprint density at radius 3 is 2.31 bits per heavy atom. The van der Waals surface area contributed by atoms with Crippen LogP contribution in [0.5, 0.6) is 0 Å². The van der Waals surface area contributed by atoms with Crippen LogP contribution in [0.2, 0.25) is 5.02 Å². The molecule has 0 aromatic heterocycles. The SMILES string of the molecule is CCCNC(=O)c1ccc(C)c(NC(=O)/C(C)=C/C=C(\C)c2ccc(Cl)cc2)c1. The van der Waals surface area contributed by atoms with Gasteiger partial charge in [-0.15, -0.1) is 0 Å². The van der Waals surface area contributed by atoms with Gasteiger partial charge in [0.2, 0.25) is 0 Å². The zero-order valence-electron chi connectivity index (χ0n) is 17.3. The fourth-order valence-electron chi connectivity index (χ4n) is 2.59. The average Bonchev–Trinajstić information content (AvgIpc) is 2.71. The molecule has 29 heavy (non-hydrogen) atoms. The number of aryl methyl sites for hydroxylation is 1. The van der Waals surface area contributed by atoms with Crippen LogP contribution in [0.3, 0.4) is 0 Å². The molecule has 0 unspecified atom stereocenters. The predicted octanol–water partition coefficient (Wildman–Crippen LogP) is 5.78. The summed E-state index contributed by atoms with van der Waals surface area (Å²) in [4.78, 5) is 24.8. The minimum Gasteiger partial charge on any atom is -0.352 e. The number of amides is 2. The molecule has 152 valence electrons. The molecule has 0 bridgehead atoms. The van der Waals surface area contributed by atoms with E-state index in [2.05, 4.69) is 10.6 Å². The number of benzene rings is 2. The average molecular weight is 411 g/mol. The molecule has 5 heteroatoms. The Bertz CT molecular complexity index is 944. The lowest BCUT2D eigenvalue weighted by Gasteiger charge is -2.11. The molecule has 0 atom stereocenters. The largest absolute Gasteiger partial charge is 0.352 e. The highest BCUT2D eigenvalue weighted by Gasteiger charge is 2.11. The number of carbonyl (C=O) groups is 2. The van der Waals surface area contributed by atoms with Crippen LogP contribution in [-0.2, 0) is 4.79 Å². The van der Waals surface area contributed by atoms with E-state index in [1.165, 1.54) is 0 Å². The van der Waals surface area contributed by atoms with Crippen molar-refractivity contribution in [3.05, 3.63) is 81.9 Å². The van der Waals surface area contributed by atoms with Gasteiger partial charge in [0.05, 0.1) is 0 Å². The number of hydrogen-bond acceptors (Lipinski definition) is 2. The Kier molecular flexibility index (Phi) is 8.22. The molecule has 2 aromatic rings. The van der Waals surface area contributed by atoms with E-state index in [0.29, 0.717) is 28.4 Å². The van der Waals surface area contributed by atoms with E-state index in [-0.39, 0.29) is 11.8 Å². The van der Waals surface area contributed by atoms with Crippen LogP contribution in [0.1, 0.15) is 48.7 Å². The smallest absolute Gasteiger partial charge is 0.251 e. The molecule has 0 aliphatic rings. The summed E-state index contributed by atoms with van der Waals surface area (Å²) in [6.45, 7) is 8.25. The van der Waals surface area contributed by atoms with E-state index in [0.717, 1.165) is 23.1 Å². The first-order valence-corrected chi connectivity index (χ1v) is 10.0. The van der Waals surface area contributed by atoms with E-state index < -0.39 is 0 Å². The van der Waals surface area contributed by atoms with Gasteiger partial charge in [0.1, 0.15) is 0 Å². The summed E-state index contributed by atoms with van der Waals surface area (Å²) in [5.41, 5.74) is 4.69. The molecule has 0 spiro atoms. The fourth-order valence-corrected chi connectivity index (χ4v) is 2.72. The molecule has 2 aromatic carbocycles. The lowest BCUT2D eigenvalue weighted by Crippen LogP contribution is -2.24. The second-order valence-electron chi connectivity index (χ2n) is 6.95. The van der Waals surface area contributed by atoms with Crippen molar-refractivity contribution in [1.29, 1.82) is 0 Å². The molecule has 0 saturated carbocycles. The van der Waals surface area contributed by atoms with Crippen LogP contribution in [0.4, 0.5) is 5.69 Å². The third kappa shape index (κ3) is 6.61. The molecular formula is C24H27ClN2O2. The third-order valence-corrected chi connectivity index (χ3v) is 4.78. The van der Waals surface area contributed by atoms with Crippen molar-refractivity contribution in [2.75, 3.05) is 11.9 Å². The van der Waals surface area contributed by atoms with Gasteiger partial charge in [0, 0.05) is 28.4 Å². The van der Waals surface area contributed by atoms with Crippen LogP contribution >= 0.6 is 11.6 Å². The van der Waals surface area contributed by atoms with E-state index >= 15 is 0 Å². The van der Waals surface area contributed by atoms with Gasteiger partial charge in [-0.1, -0.05) is 48.9 Å². The summed E-state index contributed by atoms with van der Waals surface area (Å²) in [5, 5.41) is 6.43. The quantitative estimate of drug-likeness (QED) is 0.449. The summed E-state index contributed by atoms with van der Waals surface area (Å²) in [7, 11) is 0. The maximum atomic E-state index is 12.6. The standard InChI is InChI=1S/C24H27ClN2O2/c1-5-14-26-24(29)20-9-8-17(3)22(15-20)27-23(28)18(4)7-6-16(2)19-10-12-21(25)13-11-19/h6-13,15H,5,14H2,1-4H3,(H,26,29)(H,27,28)/b16-6+,18-7+. The number of carbonyl (C=O) groups excluding carboxylic acids is 2. The number of anilines is 1. The van der Waals surface area contributed by atoms with Gasteiger partial charge in [-0.05, 0) is 68.2 Å². The topological polar surface area (TPSA) is 58.2 Å². The maximum Gasteiger partial charge on any atom is 0.251 e. The molecule has 0 aliphatic carbocycles. The Balaban J connectivity index is 2.12. The summed E-state index contributed by atoms with van der Waals surface area (Å²) < 4.78 is 0. The summed E-state index contributed by atoms with van der Waals surface area (Å²) in [5.74, 6) is -0.351. The zero-order valence-corrected chi connectivity index (χ0v) is 18.1. The molecule has 0 radical (unpaired) electrons. The van der Waals surface area contributed by atoms with Crippen molar-refractivity contribution < 1.29 is 9.59 Å². The zero-order chi connectivity index (χ0) is 21.4. The van der Waals surface area contributed by atoms with E-state index in [4.69, 9.17) is 11.6 Å². The predicted molar refractivity (Wildman–Crippen MR) is 121 cm³/mol. The first-order chi connectivity index (χ1) is 13.8. The normalized spacial score (nSPS) is 11.9. The molecule has 2 rings (SSSR count). The first-order valence-electron chi connectivity index (χ1n) is 9.63. The van der Waals surface area contributed by atoms with Crippen molar-refractivity contribution in [1.82, 2.24) is 5.32 Å². The van der Waals surface area contributed by atoms with Crippen LogP contribution in [0.25, 0.3) is 5.57 Å². The van der Waals surface area contributed by atoms with E-state index in [1.54, 1.807) is 25.1 Å². The van der Waals surface area contributed by atoms with Gasteiger partial charge in [-0.3, -0.25) is 9.59 Å². The van der Waals surface area contributed by atoms with Crippen molar-refractivity contribution >= 4 is 34.7 Å². The molecule has 4 nitrogen and oxygen atoms in total. The molecule has 0 aliphatic heterocycles. The van der Waals surface area contributed by atoms with Crippen molar-refractivity contribution in [2.45, 2.75) is 34.1 Å². The van der Waals surface area contributed by atoms with Crippen molar-refractivity contribution in [3.8, 4) is 0 Å². The van der Waals surface area contributed by atoms with Crippen LogP contribution in [0, 0.1) is 6.92 Å². The maximum absolute atomic E-state index is 12.6. The minimum absolute atomic E-state index is 0.142. The highest BCUT2D eigenvalue weighted by molar-refractivity contribution is 6.30.